The van der Waals surface area contributed by atoms with Crippen LogP contribution >= 0.6 is 12.2 Å². The first-order chi connectivity index (χ1) is 12.7. The summed E-state index contributed by atoms with van der Waals surface area (Å²) in [5, 5.41) is 73.3. The highest BCUT2D eigenvalue weighted by molar-refractivity contribution is 7.80. The van der Waals surface area contributed by atoms with Gasteiger partial charge in [0.2, 0.25) is 0 Å². The predicted octanol–water partition coefficient (Wildman–Crippen LogP) is -5.30. The molecule has 12 nitrogen and oxygen atoms in total. The average Bonchev–Trinajstić information content (AvgIpc) is 2.66. The molecule has 0 radical (unpaired) electrons. The van der Waals surface area contributed by atoms with Crippen molar-refractivity contribution in [3.63, 3.8) is 0 Å². The lowest BCUT2D eigenvalue weighted by Crippen LogP contribution is -2.64. The van der Waals surface area contributed by atoms with Gasteiger partial charge in [0.1, 0.15) is 48.8 Å². The number of ether oxygens (including phenoxy) is 3. The van der Waals surface area contributed by atoms with Gasteiger partial charge in [0.25, 0.3) is 0 Å². The molecule has 2 aliphatic heterocycles. The van der Waals surface area contributed by atoms with Gasteiger partial charge in [0, 0.05) is 13.7 Å². The number of aliphatic hydroxyl groups is 7. The van der Waals surface area contributed by atoms with Crippen molar-refractivity contribution in [1.82, 2.24) is 10.6 Å². The van der Waals surface area contributed by atoms with Crippen LogP contribution in [-0.2, 0) is 14.2 Å². The number of hydrogen-bond donors (Lipinski definition) is 9. The topological polar surface area (TPSA) is 193 Å². The molecule has 158 valence electrons. The van der Waals surface area contributed by atoms with Gasteiger partial charge in [0.05, 0.1) is 6.61 Å². The van der Waals surface area contributed by atoms with Gasteiger partial charge in [-0.3, -0.25) is 0 Å². The van der Waals surface area contributed by atoms with Gasteiger partial charge in [-0.2, -0.15) is 0 Å². The summed E-state index contributed by atoms with van der Waals surface area (Å²) in [6.45, 7) is -0.669. The van der Waals surface area contributed by atoms with Crippen molar-refractivity contribution < 1.29 is 50.0 Å². The normalized spacial score (nSPS) is 45.3. The molecular formula is C14H26N2O10S. The van der Waals surface area contributed by atoms with Crippen molar-refractivity contribution in [2.45, 2.75) is 61.3 Å². The van der Waals surface area contributed by atoms with Crippen molar-refractivity contribution in [3.8, 4) is 0 Å². The number of hydrogen-bond acceptors (Lipinski definition) is 11. The standard InChI is InChI=1S/C14H26N2O10S/c1-24-13-11(23)9(21)6(18)4(26-13)2-15-14(27)16-12-10(22)8(20)7(19)5(3-17)25-12/h4-13,17-23H,2-3H2,1H3,(H2,15,16,27)/t4-,5-,6-,7-,8+,9+,10+,11-,12-,13+/m1/s1. The van der Waals surface area contributed by atoms with E-state index in [-0.39, 0.29) is 11.7 Å². The SMILES string of the molecule is CO[C@H]1O[C@H](CNC(=S)N[C@@H]2O[C@H](CO)[C@@H](O)[C@H](O)[C@@H]2O)[C@@H](O)[C@H](O)[C@H]1O. The third-order valence-electron chi connectivity index (χ3n) is 4.53. The zero-order valence-electron chi connectivity index (χ0n) is 14.5. The van der Waals surface area contributed by atoms with Crippen LogP contribution in [0.1, 0.15) is 0 Å². The summed E-state index contributed by atoms with van der Waals surface area (Å²) in [7, 11) is 1.27. The van der Waals surface area contributed by atoms with Crippen LogP contribution in [0.4, 0.5) is 0 Å². The molecule has 0 aromatic rings. The molecule has 10 atom stereocenters. The van der Waals surface area contributed by atoms with Gasteiger partial charge in [-0.25, -0.2) is 0 Å². The van der Waals surface area contributed by atoms with E-state index in [1.165, 1.54) is 7.11 Å². The van der Waals surface area contributed by atoms with Gasteiger partial charge in [-0.1, -0.05) is 0 Å². The Morgan fingerprint density at radius 1 is 0.889 bits per heavy atom. The Bertz CT molecular complexity index is 499. The van der Waals surface area contributed by atoms with E-state index in [4.69, 9.17) is 31.5 Å². The molecule has 0 aromatic carbocycles. The maximum atomic E-state index is 9.98. The summed E-state index contributed by atoms with van der Waals surface area (Å²) in [5.74, 6) is 0. The highest BCUT2D eigenvalue weighted by Gasteiger charge is 2.45. The molecule has 0 aromatic heterocycles. The summed E-state index contributed by atoms with van der Waals surface area (Å²) < 4.78 is 15.5. The Balaban J connectivity index is 1.88. The third-order valence-corrected chi connectivity index (χ3v) is 4.79. The molecule has 2 heterocycles. The van der Waals surface area contributed by atoms with Gasteiger partial charge in [-0.05, 0) is 12.2 Å². The predicted molar refractivity (Wildman–Crippen MR) is 91.2 cm³/mol. The summed E-state index contributed by atoms with van der Waals surface area (Å²) in [6.07, 6.45) is -13.3. The fourth-order valence-electron chi connectivity index (χ4n) is 2.87. The van der Waals surface area contributed by atoms with E-state index in [1.54, 1.807) is 0 Å². The smallest absolute Gasteiger partial charge is 0.186 e. The van der Waals surface area contributed by atoms with Crippen LogP contribution in [-0.4, -0.2) is 122 Å². The monoisotopic (exact) mass is 414 g/mol. The number of thiocarbonyl (C=S) groups is 1. The zero-order chi connectivity index (χ0) is 20.3. The van der Waals surface area contributed by atoms with Crippen molar-refractivity contribution >= 4 is 17.3 Å². The van der Waals surface area contributed by atoms with Crippen molar-refractivity contribution in [3.05, 3.63) is 0 Å². The zero-order valence-corrected chi connectivity index (χ0v) is 15.3. The van der Waals surface area contributed by atoms with E-state index < -0.39 is 68.0 Å². The fourth-order valence-corrected chi connectivity index (χ4v) is 3.07. The van der Waals surface area contributed by atoms with Gasteiger partial charge in [0.15, 0.2) is 17.6 Å². The maximum Gasteiger partial charge on any atom is 0.186 e. The Hall–Kier alpha value is -0.710. The minimum Gasteiger partial charge on any atom is -0.394 e. The lowest BCUT2D eigenvalue weighted by Gasteiger charge is -2.41. The maximum absolute atomic E-state index is 9.98. The van der Waals surface area contributed by atoms with Crippen LogP contribution < -0.4 is 10.6 Å². The Morgan fingerprint density at radius 3 is 2.07 bits per heavy atom. The molecule has 2 fully saturated rings. The molecule has 9 N–H and O–H groups in total. The van der Waals surface area contributed by atoms with Crippen LogP contribution in [0.3, 0.4) is 0 Å². The molecule has 2 rings (SSSR count). The lowest BCUT2D eigenvalue weighted by atomic mass is 9.98. The molecule has 0 unspecified atom stereocenters. The number of aliphatic hydroxyl groups excluding tert-OH is 7. The average molecular weight is 414 g/mol. The molecule has 2 saturated heterocycles. The van der Waals surface area contributed by atoms with E-state index >= 15 is 0 Å². The van der Waals surface area contributed by atoms with E-state index in [9.17, 15) is 30.6 Å². The van der Waals surface area contributed by atoms with Crippen LogP contribution in [0.5, 0.6) is 0 Å². The highest BCUT2D eigenvalue weighted by Crippen LogP contribution is 2.22. The Morgan fingerprint density at radius 2 is 1.48 bits per heavy atom. The van der Waals surface area contributed by atoms with Crippen LogP contribution in [0.15, 0.2) is 0 Å². The van der Waals surface area contributed by atoms with E-state index in [1.807, 2.05) is 0 Å². The Labute approximate surface area is 160 Å². The second-order valence-corrected chi connectivity index (χ2v) is 6.76. The fraction of sp³-hybridized carbons (Fsp3) is 0.929. The van der Waals surface area contributed by atoms with Gasteiger partial charge < -0.3 is 60.6 Å². The van der Waals surface area contributed by atoms with E-state index in [0.29, 0.717) is 0 Å². The molecule has 0 spiro atoms. The molecule has 0 amide bonds. The summed E-state index contributed by atoms with van der Waals surface area (Å²) in [5.41, 5.74) is 0. The van der Waals surface area contributed by atoms with Crippen molar-refractivity contribution in [1.29, 1.82) is 0 Å². The first-order valence-electron chi connectivity index (χ1n) is 8.28. The summed E-state index contributed by atoms with van der Waals surface area (Å²) in [4.78, 5) is 0. The second kappa shape index (κ2) is 9.67. The number of nitrogens with one attached hydrogen (secondary N) is 2. The van der Waals surface area contributed by atoms with Gasteiger partial charge in [-0.15, -0.1) is 0 Å². The number of rotatable bonds is 5. The quantitative estimate of drug-likeness (QED) is 0.194. The first kappa shape index (κ1) is 22.6. The molecule has 0 bridgehead atoms. The minimum atomic E-state index is -1.56. The lowest BCUT2D eigenvalue weighted by molar-refractivity contribution is -0.288. The van der Waals surface area contributed by atoms with E-state index in [2.05, 4.69) is 10.6 Å². The third kappa shape index (κ3) is 5.02. The van der Waals surface area contributed by atoms with E-state index in [0.717, 1.165) is 0 Å². The van der Waals surface area contributed by atoms with Crippen LogP contribution in [0.25, 0.3) is 0 Å². The summed E-state index contributed by atoms with van der Waals surface area (Å²) >= 11 is 5.05. The van der Waals surface area contributed by atoms with Crippen LogP contribution in [0.2, 0.25) is 0 Å². The molecule has 2 aliphatic rings. The van der Waals surface area contributed by atoms with Crippen molar-refractivity contribution in [2.75, 3.05) is 20.3 Å². The highest BCUT2D eigenvalue weighted by atomic mass is 32.1. The van der Waals surface area contributed by atoms with Crippen molar-refractivity contribution in [2.24, 2.45) is 0 Å². The minimum absolute atomic E-state index is 0.0512. The first-order valence-corrected chi connectivity index (χ1v) is 8.69. The Kier molecular flexibility index (Phi) is 8.08. The molecule has 27 heavy (non-hydrogen) atoms. The van der Waals surface area contributed by atoms with Gasteiger partial charge >= 0.3 is 0 Å². The molecule has 0 saturated carbocycles. The number of methoxy groups -OCH3 is 1. The largest absolute Gasteiger partial charge is 0.394 e. The second-order valence-electron chi connectivity index (χ2n) is 6.35. The summed E-state index contributed by atoms with van der Waals surface area (Å²) in [6, 6.07) is 0. The van der Waals surface area contributed by atoms with Crippen LogP contribution in [0, 0.1) is 0 Å². The molecular weight excluding hydrogens is 388 g/mol. The molecule has 13 heteroatoms. The molecule has 0 aliphatic carbocycles.